The number of rotatable bonds is 10. The second kappa shape index (κ2) is 10.2. The van der Waals surface area contributed by atoms with Crippen molar-refractivity contribution in [3.63, 3.8) is 0 Å². The predicted molar refractivity (Wildman–Crippen MR) is 124 cm³/mol. The Morgan fingerprint density at radius 3 is 2.55 bits per heavy atom. The van der Waals surface area contributed by atoms with Gasteiger partial charge in [0.05, 0.1) is 16.4 Å². The van der Waals surface area contributed by atoms with Crippen molar-refractivity contribution in [2.45, 2.75) is 57.9 Å². The van der Waals surface area contributed by atoms with Gasteiger partial charge in [0.15, 0.2) is 5.11 Å². The molecule has 0 fully saturated rings. The summed E-state index contributed by atoms with van der Waals surface area (Å²) < 4.78 is 28.2. The first-order chi connectivity index (χ1) is 14.6. The highest BCUT2D eigenvalue weighted by Crippen LogP contribution is 2.42. The molecule has 0 aromatic heterocycles. The molecule has 2 unspecified atom stereocenters. The molecular formula is C21H30N4O4S2. The Morgan fingerprint density at radius 1 is 1.29 bits per heavy atom. The molecule has 10 heteroatoms. The summed E-state index contributed by atoms with van der Waals surface area (Å²) in [6.07, 6.45) is 3.91. The van der Waals surface area contributed by atoms with Crippen molar-refractivity contribution < 1.29 is 18.0 Å². The van der Waals surface area contributed by atoms with Crippen LogP contribution in [-0.2, 0) is 19.6 Å². The average Bonchev–Trinajstić information content (AvgIpc) is 3.00. The number of carbonyl (C=O) groups is 2. The summed E-state index contributed by atoms with van der Waals surface area (Å²) in [4.78, 5) is 24.0. The summed E-state index contributed by atoms with van der Waals surface area (Å²) in [6, 6.07) is 4.42. The highest BCUT2D eigenvalue weighted by molar-refractivity contribution is 7.91. The van der Waals surface area contributed by atoms with Gasteiger partial charge >= 0.3 is 0 Å². The number of thiocarbonyl (C=S) groups is 1. The van der Waals surface area contributed by atoms with Crippen molar-refractivity contribution >= 4 is 39.7 Å². The zero-order valence-electron chi connectivity index (χ0n) is 18.2. The van der Waals surface area contributed by atoms with Gasteiger partial charge in [-0.05, 0) is 68.1 Å². The Morgan fingerprint density at radius 2 is 2.00 bits per heavy atom. The summed E-state index contributed by atoms with van der Waals surface area (Å²) in [5, 5.41) is 8.37. The van der Waals surface area contributed by atoms with E-state index in [2.05, 4.69) is 20.7 Å². The third-order valence-corrected chi connectivity index (χ3v) is 7.57. The number of sulfonamides is 1. The average molecular weight is 467 g/mol. The lowest BCUT2D eigenvalue weighted by Gasteiger charge is -2.31. The molecule has 0 spiro atoms. The smallest absolute Gasteiger partial charge is 0.263 e. The molecule has 0 aliphatic carbocycles. The summed E-state index contributed by atoms with van der Waals surface area (Å²) in [5.41, 5.74) is 1.24. The third kappa shape index (κ3) is 5.43. The standard InChI is InChI=1S/C21H30N4O4S2/c1-5-9-22-20(30)25-31(28,29)18-10-16(8-7-14(18)3)17(24-13-26)11-21(6-2)15(4)12-23-19(21)27/h7-8,10,12-13,17H,5-6,9,11H2,1-4H3,(H,23,27)(H,24,26)(H2,22,25,30). The van der Waals surface area contributed by atoms with E-state index in [9.17, 15) is 18.0 Å². The molecule has 0 saturated carbocycles. The Balaban J connectivity index is 2.40. The van der Waals surface area contributed by atoms with E-state index < -0.39 is 21.5 Å². The van der Waals surface area contributed by atoms with Gasteiger partial charge in [0, 0.05) is 12.7 Å². The highest BCUT2D eigenvalue weighted by atomic mass is 32.2. The fourth-order valence-electron chi connectivity index (χ4n) is 3.74. The normalized spacial score (nSPS) is 19.2. The molecule has 2 atom stereocenters. The number of hydrogen-bond donors (Lipinski definition) is 4. The molecule has 1 heterocycles. The minimum absolute atomic E-state index is 0.0301. The van der Waals surface area contributed by atoms with E-state index in [1.54, 1.807) is 25.3 Å². The second-order valence-electron chi connectivity index (χ2n) is 7.66. The van der Waals surface area contributed by atoms with Crippen LogP contribution in [0, 0.1) is 12.3 Å². The van der Waals surface area contributed by atoms with Crippen LogP contribution in [0.4, 0.5) is 0 Å². The summed E-state index contributed by atoms with van der Waals surface area (Å²) in [5.74, 6) is -0.126. The fourth-order valence-corrected chi connectivity index (χ4v) is 5.39. The van der Waals surface area contributed by atoms with E-state index in [4.69, 9.17) is 12.2 Å². The monoisotopic (exact) mass is 466 g/mol. The first-order valence-corrected chi connectivity index (χ1v) is 12.1. The predicted octanol–water partition coefficient (Wildman–Crippen LogP) is 2.17. The largest absolute Gasteiger partial charge is 0.362 e. The molecule has 1 aliphatic rings. The molecule has 1 aliphatic heterocycles. The summed E-state index contributed by atoms with van der Waals surface area (Å²) in [7, 11) is -3.92. The van der Waals surface area contributed by atoms with Gasteiger partial charge in [-0.1, -0.05) is 26.0 Å². The van der Waals surface area contributed by atoms with Gasteiger partial charge in [-0.2, -0.15) is 0 Å². The zero-order chi connectivity index (χ0) is 23.2. The van der Waals surface area contributed by atoms with Gasteiger partial charge in [0.2, 0.25) is 12.3 Å². The molecule has 1 aromatic carbocycles. The SMILES string of the molecule is CCCNC(=S)NS(=O)(=O)c1cc(C(CC2(CC)C(=O)NC=C2C)NC=O)ccc1C. The van der Waals surface area contributed by atoms with Gasteiger partial charge in [-0.25, -0.2) is 8.42 Å². The summed E-state index contributed by atoms with van der Waals surface area (Å²) >= 11 is 5.08. The van der Waals surface area contributed by atoms with Crippen molar-refractivity contribution in [2.75, 3.05) is 6.54 Å². The molecule has 1 aromatic rings. The van der Waals surface area contributed by atoms with Crippen LogP contribution in [0.25, 0.3) is 0 Å². The van der Waals surface area contributed by atoms with Crippen LogP contribution in [0.5, 0.6) is 0 Å². The van der Waals surface area contributed by atoms with Gasteiger partial charge in [-0.3, -0.25) is 14.3 Å². The van der Waals surface area contributed by atoms with Crippen LogP contribution >= 0.6 is 12.2 Å². The van der Waals surface area contributed by atoms with Gasteiger partial charge in [-0.15, -0.1) is 0 Å². The van der Waals surface area contributed by atoms with Crippen LogP contribution < -0.4 is 20.7 Å². The Kier molecular flexibility index (Phi) is 8.19. The second-order valence-corrected chi connectivity index (χ2v) is 9.72. The molecular weight excluding hydrogens is 436 g/mol. The number of nitrogens with one attached hydrogen (secondary N) is 4. The maximum atomic E-state index is 12.9. The number of amides is 2. The highest BCUT2D eigenvalue weighted by Gasteiger charge is 2.43. The molecule has 0 radical (unpaired) electrons. The van der Waals surface area contributed by atoms with Gasteiger partial charge < -0.3 is 16.0 Å². The fraction of sp³-hybridized carbons (Fsp3) is 0.476. The minimum Gasteiger partial charge on any atom is -0.362 e. The molecule has 170 valence electrons. The zero-order valence-corrected chi connectivity index (χ0v) is 19.9. The van der Waals surface area contributed by atoms with Crippen molar-refractivity contribution in [2.24, 2.45) is 5.41 Å². The van der Waals surface area contributed by atoms with Gasteiger partial charge in [0.25, 0.3) is 10.0 Å². The van der Waals surface area contributed by atoms with E-state index >= 15 is 0 Å². The van der Waals surface area contributed by atoms with Crippen LogP contribution in [0.2, 0.25) is 0 Å². The Labute approximate surface area is 189 Å². The topological polar surface area (TPSA) is 116 Å². The third-order valence-electron chi connectivity index (χ3n) is 5.70. The Hall–Kier alpha value is -2.46. The van der Waals surface area contributed by atoms with E-state index in [-0.39, 0.29) is 15.9 Å². The van der Waals surface area contributed by atoms with E-state index in [1.165, 1.54) is 6.07 Å². The number of aryl methyl sites for hydroxylation is 1. The lowest BCUT2D eigenvalue weighted by Crippen LogP contribution is -2.40. The lowest BCUT2D eigenvalue weighted by atomic mass is 9.73. The first-order valence-electron chi connectivity index (χ1n) is 10.2. The number of benzene rings is 1. The maximum absolute atomic E-state index is 12.9. The molecule has 2 amide bonds. The van der Waals surface area contributed by atoms with Crippen molar-refractivity contribution in [3.05, 3.63) is 41.1 Å². The van der Waals surface area contributed by atoms with Crippen molar-refractivity contribution in [1.82, 2.24) is 20.7 Å². The van der Waals surface area contributed by atoms with Crippen LogP contribution in [0.15, 0.2) is 34.9 Å². The van der Waals surface area contributed by atoms with Crippen LogP contribution in [0.3, 0.4) is 0 Å². The molecule has 31 heavy (non-hydrogen) atoms. The van der Waals surface area contributed by atoms with Crippen molar-refractivity contribution in [3.8, 4) is 0 Å². The molecule has 8 nitrogen and oxygen atoms in total. The number of hydrogen-bond acceptors (Lipinski definition) is 5. The Bertz CT molecular complexity index is 991. The summed E-state index contributed by atoms with van der Waals surface area (Å²) in [6.45, 7) is 7.98. The quantitative estimate of drug-likeness (QED) is 0.310. The maximum Gasteiger partial charge on any atom is 0.263 e. The van der Waals surface area contributed by atoms with E-state index in [0.717, 1.165) is 12.0 Å². The molecule has 0 saturated heterocycles. The molecule has 0 bridgehead atoms. The molecule has 2 rings (SSSR count). The lowest BCUT2D eigenvalue weighted by molar-refractivity contribution is -0.128. The number of carbonyl (C=O) groups excluding carboxylic acids is 2. The van der Waals surface area contributed by atoms with Crippen molar-refractivity contribution in [1.29, 1.82) is 0 Å². The van der Waals surface area contributed by atoms with E-state index in [1.807, 2.05) is 20.8 Å². The molecule has 4 N–H and O–H groups in total. The van der Waals surface area contributed by atoms with Crippen LogP contribution in [0.1, 0.15) is 57.2 Å². The van der Waals surface area contributed by atoms with Crippen LogP contribution in [-0.4, -0.2) is 32.4 Å². The first kappa shape index (κ1) is 24.8. The van der Waals surface area contributed by atoms with E-state index in [0.29, 0.717) is 36.9 Å². The minimum atomic E-state index is -3.92. The van der Waals surface area contributed by atoms with Gasteiger partial charge in [0.1, 0.15) is 0 Å².